The van der Waals surface area contributed by atoms with E-state index in [2.05, 4.69) is 0 Å². The van der Waals surface area contributed by atoms with Crippen molar-refractivity contribution in [1.29, 1.82) is 0 Å². The third-order valence-electron chi connectivity index (χ3n) is 12.4. The fourth-order valence-electron chi connectivity index (χ4n) is 9.78. The first-order chi connectivity index (χ1) is 27.9. The molecule has 12 heteroatoms. The van der Waals surface area contributed by atoms with Gasteiger partial charge in [-0.25, -0.2) is 0 Å². The number of carbonyl (C=O) groups excluding carboxylic acids is 3. The summed E-state index contributed by atoms with van der Waals surface area (Å²) in [4.78, 5) is 60.6. The molecule has 0 saturated carbocycles. The Hall–Kier alpha value is -5.30. The SMILES string of the molecule is C[C@H]1[C@H]([Si](C)(C)O)[C@@H](CC(=O)N2Cc3ccccc3C[C@H]2CO)O[C@]12C(=O)N(Cc1cccc(N3C(=O)c4ccccc4Oc4ccccc43)c1)c1ccc(Cl)cc12. The highest BCUT2D eigenvalue weighted by molar-refractivity contribution is 6.71. The second kappa shape index (κ2) is 14.5. The van der Waals surface area contributed by atoms with E-state index in [1.807, 2.05) is 105 Å². The van der Waals surface area contributed by atoms with Gasteiger partial charge in [0.2, 0.25) is 5.91 Å². The fourth-order valence-corrected chi connectivity index (χ4v) is 12.5. The number of rotatable bonds is 7. The van der Waals surface area contributed by atoms with Crippen molar-refractivity contribution in [2.24, 2.45) is 5.92 Å². The number of halogens is 1. The van der Waals surface area contributed by atoms with Gasteiger partial charge in [0, 0.05) is 34.3 Å². The molecule has 3 amide bonds. The normalized spacial score (nSPS) is 23.6. The van der Waals surface area contributed by atoms with Gasteiger partial charge in [0.05, 0.1) is 48.7 Å². The lowest BCUT2D eigenvalue weighted by Crippen LogP contribution is -2.48. The third kappa shape index (κ3) is 6.24. The highest BCUT2D eigenvalue weighted by Crippen LogP contribution is 2.60. The van der Waals surface area contributed by atoms with Crippen LogP contribution in [0.15, 0.2) is 115 Å². The van der Waals surface area contributed by atoms with E-state index >= 15 is 4.79 Å². The number of hydrogen-bond acceptors (Lipinski definition) is 7. The summed E-state index contributed by atoms with van der Waals surface area (Å²) in [5.41, 5.74) is 3.73. The van der Waals surface area contributed by atoms with Crippen molar-refractivity contribution in [3.63, 3.8) is 0 Å². The van der Waals surface area contributed by atoms with Crippen molar-refractivity contribution < 1.29 is 33.8 Å². The number of benzene rings is 5. The number of nitrogens with zero attached hydrogens (tertiary/aromatic N) is 3. The quantitative estimate of drug-likeness (QED) is 0.160. The molecule has 1 fully saturated rings. The Morgan fingerprint density at radius 2 is 1.60 bits per heavy atom. The number of para-hydroxylation sites is 3. The molecule has 1 spiro atoms. The minimum atomic E-state index is -3.09. The van der Waals surface area contributed by atoms with Crippen molar-refractivity contribution in [3.05, 3.63) is 148 Å². The van der Waals surface area contributed by atoms with Gasteiger partial charge < -0.3 is 29.2 Å². The van der Waals surface area contributed by atoms with Gasteiger partial charge in [-0.1, -0.05) is 79.2 Å². The zero-order chi connectivity index (χ0) is 40.5. The minimum Gasteiger partial charge on any atom is -0.454 e. The van der Waals surface area contributed by atoms with E-state index < -0.39 is 37.5 Å². The Morgan fingerprint density at radius 3 is 2.38 bits per heavy atom. The summed E-state index contributed by atoms with van der Waals surface area (Å²) in [6, 6.07) is 34.9. The van der Waals surface area contributed by atoms with E-state index in [1.165, 1.54) is 0 Å². The van der Waals surface area contributed by atoms with E-state index in [4.69, 9.17) is 21.1 Å². The second-order valence-electron chi connectivity index (χ2n) is 16.3. The standard InChI is InChI=1S/C46H44ClN3O7Si/c1-28-43(58(2,3)55)41(24-42(52)48-26-31-13-5-4-12-30(31)22-34(48)27-51)57-46(28)36-23-32(47)19-20-37(36)49(45(46)54)25-29-11-10-14-33(21-29)50-38-16-7-9-18-40(38)56-39-17-8-6-15-35(39)44(50)53/h4-21,23,28,34,41,43,51,55H,22,24-27H2,1-3H3/t28-,34-,41+,43-,46+/m0/s1. The van der Waals surface area contributed by atoms with Gasteiger partial charge in [0.1, 0.15) is 5.75 Å². The summed E-state index contributed by atoms with van der Waals surface area (Å²) in [6.07, 6.45) is -0.298. The first-order valence-electron chi connectivity index (χ1n) is 19.7. The lowest BCUT2D eigenvalue weighted by Gasteiger charge is -2.37. The molecule has 2 N–H and O–H groups in total. The van der Waals surface area contributed by atoms with E-state index in [-0.39, 0.29) is 37.3 Å². The number of fused-ring (bicyclic) bond motifs is 5. The van der Waals surface area contributed by atoms with Gasteiger partial charge in [-0.3, -0.25) is 19.3 Å². The highest BCUT2D eigenvalue weighted by atomic mass is 35.5. The summed E-state index contributed by atoms with van der Waals surface area (Å²) in [5.74, 6) is -0.261. The molecule has 10 nitrogen and oxygen atoms in total. The summed E-state index contributed by atoms with van der Waals surface area (Å²) in [6.45, 7) is 5.91. The number of anilines is 3. The second-order valence-corrected chi connectivity index (χ2v) is 20.7. The van der Waals surface area contributed by atoms with Crippen LogP contribution < -0.4 is 14.5 Å². The lowest BCUT2D eigenvalue weighted by atomic mass is 9.82. The molecular formula is C46H44ClN3O7Si. The molecule has 4 aliphatic heterocycles. The van der Waals surface area contributed by atoms with Gasteiger partial charge >= 0.3 is 0 Å². The molecule has 0 bridgehead atoms. The number of aliphatic hydroxyl groups is 1. The molecule has 5 aromatic rings. The summed E-state index contributed by atoms with van der Waals surface area (Å²) >= 11 is 6.66. The van der Waals surface area contributed by atoms with Crippen LogP contribution >= 0.6 is 11.6 Å². The highest BCUT2D eigenvalue weighted by Gasteiger charge is 2.66. The van der Waals surface area contributed by atoms with Crippen LogP contribution in [-0.2, 0) is 39.4 Å². The summed E-state index contributed by atoms with van der Waals surface area (Å²) in [5, 5.41) is 10.8. The molecule has 0 aromatic heterocycles. The number of amides is 3. The smallest absolute Gasteiger partial charge is 0.266 e. The molecule has 296 valence electrons. The van der Waals surface area contributed by atoms with E-state index in [1.54, 1.807) is 45.0 Å². The molecule has 1 saturated heterocycles. The molecule has 9 rings (SSSR count). The van der Waals surface area contributed by atoms with Crippen LogP contribution in [-0.4, -0.2) is 59.6 Å². The van der Waals surface area contributed by atoms with Crippen molar-refractivity contribution in [3.8, 4) is 11.5 Å². The van der Waals surface area contributed by atoms with Crippen molar-refractivity contribution in [1.82, 2.24) is 4.90 Å². The predicted molar refractivity (Wildman–Crippen MR) is 224 cm³/mol. The van der Waals surface area contributed by atoms with Crippen LogP contribution in [0.1, 0.15) is 46.0 Å². The molecule has 5 aromatic carbocycles. The number of carbonyl (C=O) groups is 3. The lowest BCUT2D eigenvalue weighted by molar-refractivity contribution is -0.151. The molecular weight excluding hydrogens is 770 g/mol. The fraction of sp³-hybridized carbons (Fsp3) is 0.283. The number of hydrogen-bond donors (Lipinski definition) is 2. The van der Waals surface area contributed by atoms with Crippen molar-refractivity contribution >= 4 is 54.7 Å². The number of ether oxygens (including phenoxy) is 2. The molecule has 5 atom stereocenters. The Bertz CT molecular complexity index is 2470. The monoisotopic (exact) mass is 813 g/mol. The average molecular weight is 814 g/mol. The van der Waals surface area contributed by atoms with Crippen molar-refractivity contribution in [2.45, 2.75) is 69.2 Å². The topological polar surface area (TPSA) is 120 Å². The van der Waals surface area contributed by atoms with Gasteiger partial charge in [0.25, 0.3) is 11.8 Å². The molecule has 58 heavy (non-hydrogen) atoms. The molecule has 0 radical (unpaired) electrons. The Balaban J connectivity index is 1.05. The zero-order valence-corrected chi connectivity index (χ0v) is 34.2. The van der Waals surface area contributed by atoms with Crippen LogP contribution in [0.25, 0.3) is 0 Å². The van der Waals surface area contributed by atoms with Crippen LogP contribution in [0.4, 0.5) is 17.1 Å². The van der Waals surface area contributed by atoms with Gasteiger partial charge in [0.15, 0.2) is 19.7 Å². The van der Waals surface area contributed by atoms with Crippen LogP contribution in [0.2, 0.25) is 23.7 Å². The van der Waals surface area contributed by atoms with Crippen molar-refractivity contribution in [2.75, 3.05) is 16.4 Å². The summed E-state index contributed by atoms with van der Waals surface area (Å²) < 4.78 is 13.2. The molecule has 4 aliphatic rings. The minimum absolute atomic E-state index is 0.0597. The molecule has 0 unspecified atom stereocenters. The van der Waals surface area contributed by atoms with E-state index in [9.17, 15) is 19.5 Å². The molecule has 0 aliphatic carbocycles. The maximum absolute atomic E-state index is 15.2. The summed E-state index contributed by atoms with van der Waals surface area (Å²) in [7, 11) is -3.09. The maximum Gasteiger partial charge on any atom is 0.266 e. The largest absolute Gasteiger partial charge is 0.454 e. The first-order valence-corrected chi connectivity index (χ1v) is 23.1. The number of aliphatic hydroxyl groups excluding tert-OH is 1. The third-order valence-corrected chi connectivity index (χ3v) is 15.1. The Labute approximate surface area is 343 Å². The zero-order valence-electron chi connectivity index (χ0n) is 32.5. The van der Waals surface area contributed by atoms with Crippen LogP contribution in [0, 0.1) is 5.92 Å². The van der Waals surface area contributed by atoms with E-state index in [0.717, 1.165) is 16.7 Å². The first kappa shape index (κ1) is 38.2. The van der Waals surface area contributed by atoms with Gasteiger partial charge in [-0.05, 0) is 90.8 Å². The van der Waals surface area contributed by atoms with E-state index in [0.29, 0.717) is 57.7 Å². The average Bonchev–Trinajstić information content (AvgIpc) is 3.58. The Morgan fingerprint density at radius 1 is 0.879 bits per heavy atom. The predicted octanol–water partition coefficient (Wildman–Crippen LogP) is 8.10. The Kier molecular flexibility index (Phi) is 9.56. The van der Waals surface area contributed by atoms with Crippen LogP contribution in [0.3, 0.4) is 0 Å². The molecule has 4 heterocycles. The maximum atomic E-state index is 15.2. The van der Waals surface area contributed by atoms with Gasteiger partial charge in [-0.2, -0.15) is 0 Å². The van der Waals surface area contributed by atoms with Crippen LogP contribution in [0.5, 0.6) is 11.5 Å². The van der Waals surface area contributed by atoms with Gasteiger partial charge in [-0.15, -0.1) is 0 Å².